The van der Waals surface area contributed by atoms with Gasteiger partial charge in [-0.3, -0.25) is 4.79 Å². The number of hydrogen-bond acceptors (Lipinski definition) is 5. The minimum Gasteiger partial charge on any atom is -0.474 e. The van der Waals surface area contributed by atoms with Gasteiger partial charge >= 0.3 is 6.18 Å². The number of nitrogens with zero attached hydrogens (tertiary/aromatic N) is 2. The number of benzene rings is 1. The Bertz CT molecular complexity index is 1580. The van der Waals surface area contributed by atoms with Crippen molar-refractivity contribution in [2.75, 3.05) is 0 Å². The number of H-pyrrole nitrogens is 1. The molecular weight excluding hydrogens is 497 g/mol. The van der Waals surface area contributed by atoms with Gasteiger partial charge in [0.2, 0.25) is 11.8 Å². The van der Waals surface area contributed by atoms with E-state index >= 15 is 0 Å². The molecule has 192 valence electrons. The van der Waals surface area contributed by atoms with Crippen LogP contribution in [0.25, 0.3) is 22.2 Å². The Hall–Kier alpha value is -4.02. The van der Waals surface area contributed by atoms with Gasteiger partial charge in [-0.15, -0.1) is 0 Å². The number of ether oxygens (including phenoxy) is 2. The molecule has 1 aromatic carbocycles. The summed E-state index contributed by atoms with van der Waals surface area (Å²) in [6.45, 7) is 2.48. The van der Waals surface area contributed by atoms with Crippen LogP contribution in [-0.2, 0) is 6.18 Å². The molecule has 0 radical (unpaired) electrons. The number of pyridine rings is 3. The van der Waals surface area contributed by atoms with E-state index in [1.165, 1.54) is 26.1 Å². The first kappa shape index (κ1) is 24.7. The Morgan fingerprint density at radius 2 is 1.78 bits per heavy atom. The predicted octanol–water partition coefficient (Wildman–Crippen LogP) is 6.62. The second kappa shape index (κ2) is 9.13. The molecule has 1 aliphatic carbocycles. The maximum absolute atomic E-state index is 14.1. The van der Waals surface area contributed by atoms with Gasteiger partial charge in [0.1, 0.15) is 17.2 Å². The lowest BCUT2D eigenvalue weighted by Crippen LogP contribution is -2.25. The summed E-state index contributed by atoms with van der Waals surface area (Å²) in [6.07, 6.45) is -0.0794. The Morgan fingerprint density at radius 1 is 1.03 bits per heavy atom. The van der Waals surface area contributed by atoms with Crippen LogP contribution in [0, 0.1) is 25.5 Å². The van der Waals surface area contributed by atoms with Crippen molar-refractivity contribution in [3.8, 4) is 28.8 Å². The topological polar surface area (TPSA) is 77.1 Å². The lowest BCUT2D eigenvalue weighted by molar-refractivity contribution is -0.138. The van der Waals surface area contributed by atoms with E-state index in [2.05, 4.69) is 15.0 Å². The van der Waals surface area contributed by atoms with Crippen molar-refractivity contribution in [1.29, 1.82) is 0 Å². The molecule has 0 aliphatic heterocycles. The van der Waals surface area contributed by atoms with Gasteiger partial charge < -0.3 is 14.5 Å². The van der Waals surface area contributed by atoms with Gasteiger partial charge in [0.15, 0.2) is 17.1 Å². The number of aromatic amines is 1. The number of aromatic nitrogens is 3. The molecule has 0 spiro atoms. The molecule has 11 heteroatoms. The van der Waals surface area contributed by atoms with Gasteiger partial charge in [-0.2, -0.15) is 13.2 Å². The Kier molecular flexibility index (Phi) is 6.09. The average Bonchev–Trinajstić information content (AvgIpc) is 2.81. The summed E-state index contributed by atoms with van der Waals surface area (Å²) in [7, 11) is 0. The summed E-state index contributed by atoms with van der Waals surface area (Å²) in [5, 5.41) is 0.162. The molecule has 3 heterocycles. The zero-order valence-corrected chi connectivity index (χ0v) is 19.7. The van der Waals surface area contributed by atoms with E-state index in [4.69, 9.17) is 9.47 Å². The average molecular weight is 517 g/mol. The second-order valence-electron chi connectivity index (χ2n) is 8.82. The molecule has 1 N–H and O–H groups in total. The van der Waals surface area contributed by atoms with Crippen LogP contribution in [0.2, 0.25) is 0 Å². The SMILES string of the molecule is Cc1c(Oc2ncc(C(F)(F)F)c(C)c2-c2cc(=O)c3c(OC4CCC4)nccc3[nH]2)ccc(F)c1F. The van der Waals surface area contributed by atoms with Crippen molar-refractivity contribution < 1.29 is 31.4 Å². The third kappa shape index (κ3) is 4.49. The molecule has 3 aromatic heterocycles. The smallest absolute Gasteiger partial charge is 0.418 e. The predicted molar refractivity (Wildman–Crippen MR) is 125 cm³/mol. The Balaban J connectivity index is 1.69. The quantitative estimate of drug-likeness (QED) is 0.301. The van der Waals surface area contributed by atoms with Crippen molar-refractivity contribution in [3.05, 3.63) is 75.2 Å². The molecule has 6 nitrogen and oxygen atoms in total. The lowest BCUT2D eigenvalue weighted by atomic mass is 9.96. The van der Waals surface area contributed by atoms with Crippen LogP contribution in [0.15, 0.2) is 41.5 Å². The zero-order valence-electron chi connectivity index (χ0n) is 19.7. The highest BCUT2D eigenvalue weighted by molar-refractivity contribution is 5.86. The van der Waals surface area contributed by atoms with E-state index in [9.17, 15) is 26.7 Å². The van der Waals surface area contributed by atoms with Crippen LogP contribution < -0.4 is 14.9 Å². The van der Waals surface area contributed by atoms with E-state index in [1.54, 1.807) is 0 Å². The summed E-state index contributed by atoms with van der Waals surface area (Å²) in [4.78, 5) is 24.1. The van der Waals surface area contributed by atoms with Crippen LogP contribution in [-0.4, -0.2) is 21.1 Å². The molecule has 37 heavy (non-hydrogen) atoms. The number of fused-ring (bicyclic) bond motifs is 1. The molecule has 0 bridgehead atoms. The first-order valence-corrected chi connectivity index (χ1v) is 11.4. The fourth-order valence-corrected chi connectivity index (χ4v) is 4.15. The van der Waals surface area contributed by atoms with Crippen molar-refractivity contribution >= 4 is 10.9 Å². The molecule has 1 saturated carbocycles. The molecule has 0 amide bonds. The molecule has 5 rings (SSSR count). The van der Waals surface area contributed by atoms with Crippen molar-refractivity contribution in [2.24, 2.45) is 0 Å². The molecular formula is C26H20F5N3O3. The maximum atomic E-state index is 14.1. The number of nitrogens with one attached hydrogen (secondary N) is 1. The fraction of sp³-hybridized carbons (Fsp3) is 0.269. The van der Waals surface area contributed by atoms with Crippen LogP contribution in [0.5, 0.6) is 17.5 Å². The van der Waals surface area contributed by atoms with Crippen LogP contribution >= 0.6 is 0 Å². The Labute approximate surface area is 207 Å². The summed E-state index contributed by atoms with van der Waals surface area (Å²) >= 11 is 0. The van der Waals surface area contributed by atoms with Crippen LogP contribution in [0.3, 0.4) is 0 Å². The van der Waals surface area contributed by atoms with Gasteiger partial charge in [-0.1, -0.05) is 0 Å². The standard InChI is InChI=1S/C26H20F5N3O3/c1-12-15(26(29,30)31)11-33-24(37-20-7-6-16(27)23(28)13(20)2)21(12)18-10-19(35)22-17(34-18)8-9-32-25(22)36-14-4-3-5-14/h6-11,14H,3-5H2,1-2H3,(H,34,35). The van der Waals surface area contributed by atoms with Gasteiger partial charge in [-0.05, 0) is 56.9 Å². The third-order valence-corrected chi connectivity index (χ3v) is 6.41. The van der Waals surface area contributed by atoms with Gasteiger partial charge in [-0.25, -0.2) is 18.7 Å². The second-order valence-corrected chi connectivity index (χ2v) is 8.82. The molecule has 4 aromatic rings. The largest absolute Gasteiger partial charge is 0.474 e. The van der Waals surface area contributed by atoms with E-state index in [1.807, 2.05) is 0 Å². The van der Waals surface area contributed by atoms with Crippen molar-refractivity contribution in [3.63, 3.8) is 0 Å². The minimum absolute atomic E-state index is 0.00960. The zero-order chi connectivity index (χ0) is 26.5. The van der Waals surface area contributed by atoms with Gasteiger partial charge in [0.05, 0.1) is 22.3 Å². The Morgan fingerprint density at radius 3 is 2.46 bits per heavy atom. The molecule has 1 fully saturated rings. The lowest BCUT2D eigenvalue weighted by Gasteiger charge is -2.26. The summed E-state index contributed by atoms with van der Waals surface area (Å²) in [5.74, 6) is -2.59. The van der Waals surface area contributed by atoms with E-state index in [-0.39, 0.29) is 51.4 Å². The molecule has 0 saturated heterocycles. The number of alkyl halides is 3. The first-order valence-electron chi connectivity index (χ1n) is 11.4. The maximum Gasteiger partial charge on any atom is 0.418 e. The third-order valence-electron chi connectivity index (χ3n) is 6.41. The van der Waals surface area contributed by atoms with Crippen LogP contribution in [0.4, 0.5) is 22.0 Å². The first-order chi connectivity index (χ1) is 17.5. The van der Waals surface area contributed by atoms with Gasteiger partial charge in [0, 0.05) is 24.0 Å². The highest BCUT2D eigenvalue weighted by atomic mass is 19.4. The monoisotopic (exact) mass is 517 g/mol. The number of halogens is 5. The summed E-state index contributed by atoms with van der Waals surface area (Å²) in [6, 6.07) is 4.60. The highest BCUT2D eigenvalue weighted by Gasteiger charge is 2.35. The molecule has 0 atom stereocenters. The van der Waals surface area contributed by atoms with E-state index < -0.39 is 28.8 Å². The number of hydrogen-bond donors (Lipinski definition) is 1. The summed E-state index contributed by atoms with van der Waals surface area (Å²) < 4.78 is 80.4. The van der Waals surface area contributed by atoms with Crippen molar-refractivity contribution in [1.82, 2.24) is 15.0 Å². The van der Waals surface area contributed by atoms with E-state index in [0.717, 1.165) is 37.5 Å². The molecule has 0 unspecified atom stereocenters. The number of rotatable bonds is 5. The fourth-order valence-electron chi connectivity index (χ4n) is 4.15. The van der Waals surface area contributed by atoms with Crippen LogP contribution in [0.1, 0.15) is 36.0 Å². The molecule has 1 aliphatic rings. The normalized spacial score (nSPS) is 14.0. The minimum atomic E-state index is -4.74. The van der Waals surface area contributed by atoms with Gasteiger partial charge in [0.25, 0.3) is 0 Å². The van der Waals surface area contributed by atoms with E-state index in [0.29, 0.717) is 11.7 Å². The van der Waals surface area contributed by atoms with Crippen molar-refractivity contribution in [2.45, 2.75) is 45.4 Å². The summed E-state index contributed by atoms with van der Waals surface area (Å²) in [5.41, 5.74) is -1.91. The highest BCUT2D eigenvalue weighted by Crippen LogP contribution is 2.41.